The van der Waals surface area contributed by atoms with E-state index in [4.69, 9.17) is 4.74 Å². The summed E-state index contributed by atoms with van der Waals surface area (Å²) < 4.78 is 5.40. The molecule has 0 rings (SSSR count). The molecule has 2 unspecified atom stereocenters. The topological polar surface area (TPSA) is 9.23 Å². The molecule has 0 saturated heterocycles. The van der Waals surface area contributed by atoms with Gasteiger partial charge in [-0.1, -0.05) is 46.5 Å². The Balaban J connectivity index is 3.61. The zero-order valence-corrected chi connectivity index (χ0v) is 10.5. The minimum Gasteiger partial charge on any atom is -0.382 e. The van der Waals surface area contributed by atoms with Crippen LogP contribution in [0.5, 0.6) is 0 Å². The molecule has 0 aliphatic rings. The lowest BCUT2D eigenvalue weighted by Crippen LogP contribution is -2.13. The fraction of sp³-hybridized carbons (Fsp3) is 1.00. The van der Waals surface area contributed by atoms with Crippen molar-refractivity contribution in [1.82, 2.24) is 0 Å². The van der Waals surface area contributed by atoms with Crippen molar-refractivity contribution in [1.29, 1.82) is 0 Å². The third kappa shape index (κ3) is 6.42. The summed E-state index contributed by atoms with van der Waals surface area (Å²) in [5, 5.41) is 0. The predicted octanol–water partition coefficient (Wildman–Crippen LogP) is 4.27. The fourth-order valence-corrected chi connectivity index (χ4v) is 2.01. The van der Waals surface area contributed by atoms with Crippen molar-refractivity contribution in [2.24, 2.45) is 11.8 Å². The quantitative estimate of drug-likeness (QED) is 0.505. The van der Waals surface area contributed by atoms with Crippen LogP contribution in [0.3, 0.4) is 0 Å². The molecule has 0 aromatic rings. The number of hydrogen-bond acceptors (Lipinski definition) is 1. The zero-order valence-electron chi connectivity index (χ0n) is 10.5. The van der Waals surface area contributed by atoms with Crippen LogP contribution < -0.4 is 0 Å². The van der Waals surface area contributed by atoms with Crippen LogP contribution in [0.25, 0.3) is 0 Å². The second-order valence-corrected chi connectivity index (χ2v) is 4.27. The third-order valence-corrected chi connectivity index (χ3v) is 3.18. The van der Waals surface area contributed by atoms with Crippen molar-refractivity contribution < 1.29 is 4.74 Å². The maximum Gasteiger partial charge on any atom is 0.0468 e. The molecule has 0 N–H and O–H groups in total. The average molecular weight is 200 g/mol. The normalized spacial score (nSPS) is 15.4. The van der Waals surface area contributed by atoms with Crippen LogP contribution in [0.15, 0.2) is 0 Å². The Labute approximate surface area is 90.2 Å². The van der Waals surface area contributed by atoms with Crippen LogP contribution in [-0.2, 0) is 4.74 Å². The number of rotatable bonds is 9. The van der Waals surface area contributed by atoms with Gasteiger partial charge < -0.3 is 4.74 Å². The van der Waals surface area contributed by atoms with Crippen molar-refractivity contribution in [3.63, 3.8) is 0 Å². The molecule has 0 amide bonds. The summed E-state index contributed by atoms with van der Waals surface area (Å²) >= 11 is 0. The van der Waals surface area contributed by atoms with Crippen LogP contribution in [0, 0.1) is 11.8 Å². The smallest absolute Gasteiger partial charge is 0.0468 e. The Morgan fingerprint density at radius 3 is 2.29 bits per heavy atom. The van der Waals surface area contributed by atoms with Crippen LogP contribution in [-0.4, -0.2) is 13.2 Å². The molecule has 1 heteroatoms. The van der Waals surface area contributed by atoms with E-state index >= 15 is 0 Å². The second-order valence-electron chi connectivity index (χ2n) is 4.27. The first-order chi connectivity index (χ1) is 6.76. The van der Waals surface area contributed by atoms with Crippen LogP contribution in [0.4, 0.5) is 0 Å². The third-order valence-electron chi connectivity index (χ3n) is 3.18. The summed E-state index contributed by atoms with van der Waals surface area (Å²) in [6.45, 7) is 10.8. The van der Waals surface area contributed by atoms with Crippen molar-refractivity contribution in [3.05, 3.63) is 0 Å². The van der Waals surface area contributed by atoms with Crippen molar-refractivity contribution in [2.75, 3.05) is 13.2 Å². The van der Waals surface area contributed by atoms with Gasteiger partial charge in [-0.15, -0.1) is 0 Å². The first kappa shape index (κ1) is 14.0. The molecule has 0 fully saturated rings. The van der Waals surface area contributed by atoms with Gasteiger partial charge in [-0.05, 0) is 25.2 Å². The number of unbranched alkanes of at least 4 members (excludes halogenated alkanes) is 1. The molecule has 86 valence electrons. The van der Waals surface area contributed by atoms with Crippen molar-refractivity contribution >= 4 is 0 Å². The fourth-order valence-electron chi connectivity index (χ4n) is 2.01. The van der Waals surface area contributed by atoms with E-state index in [1.807, 2.05) is 0 Å². The Morgan fingerprint density at radius 2 is 1.79 bits per heavy atom. The Bertz CT molecular complexity index is 112. The van der Waals surface area contributed by atoms with Crippen molar-refractivity contribution in [2.45, 2.75) is 59.8 Å². The van der Waals surface area contributed by atoms with Gasteiger partial charge >= 0.3 is 0 Å². The first-order valence-electron chi connectivity index (χ1n) is 6.33. The average Bonchev–Trinajstić information content (AvgIpc) is 2.19. The summed E-state index contributed by atoms with van der Waals surface area (Å²) in [7, 11) is 0. The summed E-state index contributed by atoms with van der Waals surface area (Å²) in [6, 6.07) is 0. The molecule has 0 heterocycles. The molecule has 0 aliphatic carbocycles. The molecule has 0 spiro atoms. The second kappa shape index (κ2) is 9.51. The SMILES string of the molecule is CCCCC(CC)C(C)CCOCC. The van der Waals surface area contributed by atoms with E-state index in [0.29, 0.717) is 0 Å². The minimum atomic E-state index is 0.832. The van der Waals surface area contributed by atoms with Gasteiger partial charge in [-0.25, -0.2) is 0 Å². The maximum absolute atomic E-state index is 5.40. The van der Waals surface area contributed by atoms with E-state index in [1.165, 1.54) is 32.1 Å². The highest BCUT2D eigenvalue weighted by atomic mass is 16.5. The molecule has 0 aromatic carbocycles. The van der Waals surface area contributed by atoms with Gasteiger partial charge in [0.1, 0.15) is 0 Å². The summed E-state index contributed by atoms with van der Waals surface area (Å²) in [4.78, 5) is 0. The van der Waals surface area contributed by atoms with E-state index in [9.17, 15) is 0 Å². The van der Waals surface area contributed by atoms with E-state index in [1.54, 1.807) is 0 Å². The van der Waals surface area contributed by atoms with Crippen LogP contribution >= 0.6 is 0 Å². The van der Waals surface area contributed by atoms with Crippen LogP contribution in [0.1, 0.15) is 59.8 Å². The standard InChI is InChI=1S/C13H28O/c1-5-8-9-13(6-2)12(4)10-11-14-7-3/h12-13H,5-11H2,1-4H3. The molecule has 0 aromatic heterocycles. The monoisotopic (exact) mass is 200 g/mol. The van der Waals surface area contributed by atoms with Gasteiger partial charge in [0.25, 0.3) is 0 Å². The van der Waals surface area contributed by atoms with Gasteiger partial charge in [0, 0.05) is 13.2 Å². The molecule has 0 aliphatic heterocycles. The largest absolute Gasteiger partial charge is 0.382 e. The van der Waals surface area contributed by atoms with E-state index < -0.39 is 0 Å². The molecule has 0 bridgehead atoms. The van der Waals surface area contributed by atoms with Gasteiger partial charge in [-0.2, -0.15) is 0 Å². The summed E-state index contributed by atoms with van der Waals surface area (Å²) in [6.07, 6.45) is 6.68. The summed E-state index contributed by atoms with van der Waals surface area (Å²) in [5.41, 5.74) is 0. The minimum absolute atomic E-state index is 0.832. The van der Waals surface area contributed by atoms with Gasteiger partial charge in [0.05, 0.1) is 0 Å². The van der Waals surface area contributed by atoms with Crippen molar-refractivity contribution in [3.8, 4) is 0 Å². The van der Waals surface area contributed by atoms with E-state index in [0.717, 1.165) is 25.0 Å². The van der Waals surface area contributed by atoms with E-state index in [-0.39, 0.29) is 0 Å². The highest BCUT2D eigenvalue weighted by Gasteiger charge is 2.14. The summed E-state index contributed by atoms with van der Waals surface area (Å²) in [5.74, 6) is 1.74. The molecule has 2 atom stereocenters. The highest BCUT2D eigenvalue weighted by molar-refractivity contribution is 4.65. The molecule has 0 radical (unpaired) electrons. The van der Waals surface area contributed by atoms with Gasteiger partial charge in [-0.3, -0.25) is 0 Å². The Hall–Kier alpha value is -0.0400. The molecular formula is C13H28O. The molecule has 1 nitrogen and oxygen atoms in total. The van der Waals surface area contributed by atoms with Gasteiger partial charge in [0.2, 0.25) is 0 Å². The number of ether oxygens (including phenoxy) is 1. The molecular weight excluding hydrogens is 172 g/mol. The molecule has 14 heavy (non-hydrogen) atoms. The van der Waals surface area contributed by atoms with E-state index in [2.05, 4.69) is 27.7 Å². The van der Waals surface area contributed by atoms with Crippen LogP contribution in [0.2, 0.25) is 0 Å². The zero-order chi connectivity index (χ0) is 10.8. The lowest BCUT2D eigenvalue weighted by molar-refractivity contribution is 0.122. The molecule has 0 saturated carbocycles. The Kier molecular flexibility index (Phi) is 9.49. The maximum atomic E-state index is 5.40. The first-order valence-corrected chi connectivity index (χ1v) is 6.33. The van der Waals surface area contributed by atoms with Gasteiger partial charge in [0.15, 0.2) is 0 Å². The Morgan fingerprint density at radius 1 is 1.07 bits per heavy atom. The number of hydrogen-bond donors (Lipinski definition) is 0. The highest BCUT2D eigenvalue weighted by Crippen LogP contribution is 2.24. The lowest BCUT2D eigenvalue weighted by atomic mass is 9.85. The predicted molar refractivity (Wildman–Crippen MR) is 63.6 cm³/mol. The lowest BCUT2D eigenvalue weighted by Gasteiger charge is -2.22.